The topological polar surface area (TPSA) is 21.3 Å². The summed E-state index contributed by atoms with van der Waals surface area (Å²) in [7, 11) is 0. The molecule has 3 heteroatoms. The van der Waals surface area contributed by atoms with E-state index in [1.165, 1.54) is 34.9 Å². The maximum Gasteiger partial charge on any atom is 0.0699 e. The molecule has 1 aliphatic heterocycles. The molecule has 1 unspecified atom stereocenters. The van der Waals surface area contributed by atoms with Crippen LogP contribution in [0.4, 0.5) is 0 Å². The summed E-state index contributed by atoms with van der Waals surface area (Å²) in [4.78, 5) is 0. The van der Waals surface area contributed by atoms with Crippen molar-refractivity contribution >= 4 is 15.9 Å². The minimum atomic E-state index is 0.417. The Labute approximate surface area is 112 Å². The van der Waals surface area contributed by atoms with Gasteiger partial charge in [0.2, 0.25) is 0 Å². The van der Waals surface area contributed by atoms with Crippen molar-refractivity contribution in [3.05, 3.63) is 33.8 Å². The van der Waals surface area contributed by atoms with Crippen LogP contribution in [-0.2, 0) is 11.3 Å². The average molecular weight is 298 g/mol. The SMILES string of the molecule is Cc1cc(CNCC2CCCCO2)ccc1Br. The lowest BCUT2D eigenvalue weighted by Gasteiger charge is -2.22. The summed E-state index contributed by atoms with van der Waals surface area (Å²) >= 11 is 3.52. The van der Waals surface area contributed by atoms with Crippen LogP contribution in [0.5, 0.6) is 0 Å². The molecule has 17 heavy (non-hydrogen) atoms. The molecule has 1 saturated heterocycles. The van der Waals surface area contributed by atoms with Crippen LogP contribution in [0, 0.1) is 6.92 Å². The fourth-order valence-corrected chi connectivity index (χ4v) is 2.41. The standard InChI is InChI=1S/C14H20BrNO/c1-11-8-12(5-6-14(11)15)9-16-10-13-4-2-3-7-17-13/h5-6,8,13,16H,2-4,7,9-10H2,1H3. The van der Waals surface area contributed by atoms with Gasteiger partial charge in [-0.05, 0) is 43.4 Å². The number of benzene rings is 1. The lowest BCUT2D eigenvalue weighted by molar-refractivity contribution is 0.0168. The van der Waals surface area contributed by atoms with Gasteiger partial charge in [-0.2, -0.15) is 0 Å². The molecule has 1 N–H and O–H groups in total. The minimum Gasteiger partial charge on any atom is -0.377 e. The van der Waals surface area contributed by atoms with Crippen molar-refractivity contribution in [3.8, 4) is 0 Å². The lowest BCUT2D eigenvalue weighted by Crippen LogP contribution is -2.31. The maximum atomic E-state index is 5.69. The zero-order valence-corrected chi connectivity index (χ0v) is 11.9. The van der Waals surface area contributed by atoms with E-state index >= 15 is 0 Å². The van der Waals surface area contributed by atoms with E-state index in [4.69, 9.17) is 4.74 Å². The highest BCUT2D eigenvalue weighted by atomic mass is 79.9. The van der Waals surface area contributed by atoms with Gasteiger partial charge in [0.1, 0.15) is 0 Å². The Morgan fingerprint density at radius 1 is 1.41 bits per heavy atom. The van der Waals surface area contributed by atoms with Crippen LogP contribution in [0.2, 0.25) is 0 Å². The summed E-state index contributed by atoms with van der Waals surface area (Å²) in [5, 5.41) is 3.48. The quantitative estimate of drug-likeness (QED) is 0.919. The van der Waals surface area contributed by atoms with Crippen molar-refractivity contribution in [2.75, 3.05) is 13.2 Å². The van der Waals surface area contributed by atoms with Gasteiger partial charge in [0, 0.05) is 24.2 Å². The number of ether oxygens (including phenoxy) is 1. The molecule has 0 spiro atoms. The Kier molecular flexibility index (Phi) is 5.01. The van der Waals surface area contributed by atoms with Crippen molar-refractivity contribution in [1.82, 2.24) is 5.32 Å². The first-order chi connectivity index (χ1) is 8.25. The fraction of sp³-hybridized carbons (Fsp3) is 0.571. The van der Waals surface area contributed by atoms with E-state index in [-0.39, 0.29) is 0 Å². The van der Waals surface area contributed by atoms with Crippen LogP contribution in [0.1, 0.15) is 30.4 Å². The number of hydrogen-bond acceptors (Lipinski definition) is 2. The molecule has 2 rings (SSSR count). The summed E-state index contributed by atoms with van der Waals surface area (Å²) in [6, 6.07) is 6.49. The van der Waals surface area contributed by atoms with Gasteiger partial charge in [-0.25, -0.2) is 0 Å². The number of hydrogen-bond donors (Lipinski definition) is 1. The van der Waals surface area contributed by atoms with Gasteiger partial charge in [-0.15, -0.1) is 0 Å². The second-order valence-electron chi connectivity index (χ2n) is 4.70. The Bertz CT molecular complexity index is 361. The summed E-state index contributed by atoms with van der Waals surface area (Å²) < 4.78 is 6.87. The third-order valence-electron chi connectivity index (χ3n) is 3.20. The molecular formula is C14H20BrNO. The zero-order valence-electron chi connectivity index (χ0n) is 10.3. The highest BCUT2D eigenvalue weighted by molar-refractivity contribution is 9.10. The van der Waals surface area contributed by atoms with E-state index in [1.807, 2.05) is 0 Å². The Morgan fingerprint density at radius 2 is 2.29 bits per heavy atom. The van der Waals surface area contributed by atoms with Crippen LogP contribution in [-0.4, -0.2) is 19.3 Å². The van der Waals surface area contributed by atoms with E-state index in [9.17, 15) is 0 Å². The summed E-state index contributed by atoms with van der Waals surface area (Å²) in [5.41, 5.74) is 2.62. The van der Waals surface area contributed by atoms with Gasteiger partial charge < -0.3 is 10.1 Å². The Balaban J connectivity index is 1.75. The number of halogens is 1. The largest absolute Gasteiger partial charge is 0.377 e. The molecule has 0 bridgehead atoms. The normalized spacial score (nSPS) is 20.5. The lowest BCUT2D eigenvalue weighted by atomic mass is 10.1. The van der Waals surface area contributed by atoms with Gasteiger partial charge in [0.05, 0.1) is 6.10 Å². The van der Waals surface area contributed by atoms with Crippen molar-refractivity contribution in [2.45, 2.75) is 38.8 Å². The number of rotatable bonds is 4. The van der Waals surface area contributed by atoms with Crippen LogP contribution in [0.3, 0.4) is 0 Å². The Morgan fingerprint density at radius 3 is 3.00 bits per heavy atom. The zero-order chi connectivity index (χ0) is 12.1. The molecule has 0 aromatic heterocycles. The van der Waals surface area contributed by atoms with Gasteiger partial charge in [-0.1, -0.05) is 28.1 Å². The van der Waals surface area contributed by atoms with Crippen LogP contribution in [0.15, 0.2) is 22.7 Å². The van der Waals surface area contributed by atoms with E-state index in [2.05, 4.69) is 46.4 Å². The average Bonchev–Trinajstić information content (AvgIpc) is 2.35. The molecule has 2 nitrogen and oxygen atoms in total. The highest BCUT2D eigenvalue weighted by Crippen LogP contribution is 2.17. The highest BCUT2D eigenvalue weighted by Gasteiger charge is 2.12. The van der Waals surface area contributed by atoms with E-state index in [0.717, 1.165) is 19.7 Å². The van der Waals surface area contributed by atoms with E-state index < -0.39 is 0 Å². The molecule has 1 aromatic carbocycles. The fourth-order valence-electron chi connectivity index (χ4n) is 2.16. The van der Waals surface area contributed by atoms with Crippen LogP contribution < -0.4 is 5.32 Å². The van der Waals surface area contributed by atoms with Crippen LogP contribution in [0.25, 0.3) is 0 Å². The first-order valence-electron chi connectivity index (χ1n) is 6.33. The smallest absolute Gasteiger partial charge is 0.0699 e. The van der Waals surface area contributed by atoms with Gasteiger partial charge in [-0.3, -0.25) is 0 Å². The summed E-state index contributed by atoms with van der Waals surface area (Å²) in [6.45, 7) is 4.95. The first kappa shape index (κ1) is 13.1. The third kappa shape index (κ3) is 4.09. The second kappa shape index (κ2) is 6.53. The molecule has 94 valence electrons. The van der Waals surface area contributed by atoms with Crippen LogP contribution >= 0.6 is 15.9 Å². The molecule has 1 aliphatic rings. The van der Waals surface area contributed by atoms with Crippen molar-refractivity contribution in [1.29, 1.82) is 0 Å². The number of aryl methyl sites for hydroxylation is 1. The van der Waals surface area contributed by atoms with Gasteiger partial charge in [0.15, 0.2) is 0 Å². The summed E-state index contributed by atoms with van der Waals surface area (Å²) in [6.07, 6.45) is 4.15. The van der Waals surface area contributed by atoms with Gasteiger partial charge in [0.25, 0.3) is 0 Å². The predicted octanol–water partition coefficient (Wildman–Crippen LogP) is 3.42. The molecule has 0 aliphatic carbocycles. The molecule has 0 amide bonds. The monoisotopic (exact) mass is 297 g/mol. The Hall–Kier alpha value is -0.380. The van der Waals surface area contributed by atoms with E-state index in [0.29, 0.717) is 6.10 Å². The van der Waals surface area contributed by atoms with Crippen molar-refractivity contribution in [3.63, 3.8) is 0 Å². The maximum absolute atomic E-state index is 5.69. The summed E-state index contributed by atoms with van der Waals surface area (Å²) in [5.74, 6) is 0. The molecule has 1 heterocycles. The van der Waals surface area contributed by atoms with Gasteiger partial charge >= 0.3 is 0 Å². The molecule has 1 aromatic rings. The van der Waals surface area contributed by atoms with Crippen molar-refractivity contribution < 1.29 is 4.74 Å². The molecule has 0 saturated carbocycles. The molecule has 1 atom stereocenters. The molecular weight excluding hydrogens is 278 g/mol. The first-order valence-corrected chi connectivity index (χ1v) is 7.12. The van der Waals surface area contributed by atoms with Crippen molar-refractivity contribution in [2.24, 2.45) is 0 Å². The minimum absolute atomic E-state index is 0.417. The third-order valence-corrected chi connectivity index (χ3v) is 4.09. The number of nitrogens with one attached hydrogen (secondary N) is 1. The molecule has 0 radical (unpaired) electrons. The van der Waals surface area contributed by atoms with E-state index in [1.54, 1.807) is 0 Å². The second-order valence-corrected chi connectivity index (χ2v) is 5.56. The molecule has 1 fully saturated rings. The predicted molar refractivity (Wildman–Crippen MR) is 74.2 cm³/mol.